The van der Waals surface area contributed by atoms with Gasteiger partial charge in [0.2, 0.25) is 5.82 Å². The molecule has 1 saturated carbocycles. The summed E-state index contributed by atoms with van der Waals surface area (Å²) in [6.07, 6.45) is 3.75. The molecule has 0 radical (unpaired) electrons. The van der Waals surface area contributed by atoms with Crippen LogP contribution in [-0.4, -0.2) is 30.4 Å². The van der Waals surface area contributed by atoms with Crippen LogP contribution in [0.3, 0.4) is 0 Å². The van der Waals surface area contributed by atoms with Crippen LogP contribution in [0.1, 0.15) is 57.3 Å². The highest BCUT2D eigenvalue weighted by Crippen LogP contribution is 2.41. The Kier molecular flexibility index (Phi) is 5.12. The Balaban J connectivity index is 2.22. The van der Waals surface area contributed by atoms with Gasteiger partial charge >= 0.3 is 0 Å². The number of rotatable bonds is 6. The van der Waals surface area contributed by atoms with E-state index in [-0.39, 0.29) is 6.10 Å². The van der Waals surface area contributed by atoms with Gasteiger partial charge < -0.3 is 19.7 Å². The molecule has 1 heterocycles. The lowest BCUT2D eigenvalue weighted by atomic mass is 9.79. The molecule has 114 valence electrons. The molecule has 0 bridgehead atoms. The maximum atomic E-state index is 6.01. The quantitative estimate of drug-likeness (QED) is 0.861. The summed E-state index contributed by atoms with van der Waals surface area (Å²) in [5, 5.41) is 4.13. The first-order chi connectivity index (χ1) is 9.65. The van der Waals surface area contributed by atoms with Gasteiger partial charge in [0.15, 0.2) is 0 Å². The molecule has 1 aromatic rings. The van der Waals surface area contributed by atoms with Crippen molar-refractivity contribution in [3.05, 3.63) is 11.7 Å². The van der Waals surface area contributed by atoms with Crippen LogP contribution < -0.4 is 5.73 Å². The summed E-state index contributed by atoms with van der Waals surface area (Å²) < 4.78 is 16.6. The molecular weight excluding hydrogens is 258 g/mol. The predicted octanol–water partition coefficient (Wildman–Crippen LogP) is 2.16. The molecule has 0 amide bonds. The van der Waals surface area contributed by atoms with Gasteiger partial charge in [-0.05, 0) is 38.5 Å². The Labute approximate surface area is 120 Å². The van der Waals surface area contributed by atoms with E-state index in [9.17, 15) is 0 Å². The summed E-state index contributed by atoms with van der Waals surface area (Å²) in [5.74, 6) is 1.80. The van der Waals surface area contributed by atoms with Crippen molar-refractivity contribution < 1.29 is 14.0 Å². The van der Waals surface area contributed by atoms with E-state index in [4.69, 9.17) is 19.7 Å². The maximum Gasteiger partial charge on any atom is 0.257 e. The summed E-state index contributed by atoms with van der Waals surface area (Å²) in [4.78, 5) is 4.48. The number of nitrogens with two attached hydrogens (primary N) is 1. The molecule has 1 aliphatic carbocycles. The smallest absolute Gasteiger partial charge is 0.257 e. The molecular formula is C14H25N3O3. The van der Waals surface area contributed by atoms with Crippen LogP contribution in [0, 0.1) is 5.92 Å². The number of nitrogens with zero attached hydrogens (tertiary/aromatic N) is 2. The lowest BCUT2D eigenvalue weighted by molar-refractivity contribution is -0.0847. The molecule has 0 aliphatic heterocycles. The first kappa shape index (κ1) is 15.4. The van der Waals surface area contributed by atoms with Crippen LogP contribution in [-0.2, 0) is 15.1 Å². The standard InChI is InChI=1S/C14H25N3O3/c1-4-19-14(7-5-10(2)6-8-14)13-16-12(20-17-13)11(9-15)18-3/h10-11H,4-9,15H2,1-3H3. The fourth-order valence-electron chi connectivity index (χ4n) is 2.79. The monoisotopic (exact) mass is 283 g/mol. The normalized spacial score (nSPS) is 28.5. The molecule has 0 spiro atoms. The van der Waals surface area contributed by atoms with E-state index < -0.39 is 5.60 Å². The van der Waals surface area contributed by atoms with Gasteiger partial charge in [0.05, 0.1) is 0 Å². The van der Waals surface area contributed by atoms with Gasteiger partial charge in [-0.3, -0.25) is 0 Å². The zero-order valence-corrected chi connectivity index (χ0v) is 12.6. The summed E-state index contributed by atoms with van der Waals surface area (Å²) >= 11 is 0. The van der Waals surface area contributed by atoms with Crippen molar-refractivity contribution in [2.45, 2.75) is 51.2 Å². The van der Waals surface area contributed by atoms with Crippen molar-refractivity contribution in [2.75, 3.05) is 20.3 Å². The number of hydrogen-bond donors (Lipinski definition) is 1. The Morgan fingerprint density at radius 1 is 1.45 bits per heavy atom. The minimum atomic E-state index is -0.407. The molecule has 2 N–H and O–H groups in total. The van der Waals surface area contributed by atoms with Crippen LogP contribution in [0.15, 0.2) is 4.52 Å². The fourth-order valence-corrected chi connectivity index (χ4v) is 2.79. The third-order valence-corrected chi connectivity index (χ3v) is 4.13. The van der Waals surface area contributed by atoms with E-state index in [1.54, 1.807) is 7.11 Å². The zero-order valence-electron chi connectivity index (χ0n) is 12.6. The van der Waals surface area contributed by atoms with Crippen LogP contribution in [0.25, 0.3) is 0 Å². The number of methoxy groups -OCH3 is 1. The molecule has 6 nitrogen and oxygen atoms in total. The van der Waals surface area contributed by atoms with Crippen LogP contribution in [0.4, 0.5) is 0 Å². The molecule has 1 atom stereocenters. The average molecular weight is 283 g/mol. The van der Waals surface area contributed by atoms with Gasteiger partial charge in [-0.25, -0.2) is 0 Å². The van der Waals surface area contributed by atoms with Crippen LogP contribution >= 0.6 is 0 Å². The van der Waals surface area contributed by atoms with Gasteiger partial charge in [0.1, 0.15) is 11.7 Å². The minimum absolute atomic E-state index is 0.316. The summed E-state index contributed by atoms with van der Waals surface area (Å²) in [5.41, 5.74) is 5.22. The topological polar surface area (TPSA) is 83.4 Å². The zero-order chi connectivity index (χ0) is 14.6. The van der Waals surface area contributed by atoms with Crippen LogP contribution in [0.5, 0.6) is 0 Å². The first-order valence-corrected chi connectivity index (χ1v) is 7.36. The highest BCUT2D eigenvalue weighted by atomic mass is 16.5. The van der Waals surface area contributed by atoms with E-state index >= 15 is 0 Å². The SMILES string of the molecule is CCOC1(c2noc(C(CN)OC)n2)CCC(C)CC1. The Hall–Kier alpha value is -0.980. The average Bonchev–Trinajstić information content (AvgIpc) is 2.94. The highest BCUT2D eigenvalue weighted by Gasteiger charge is 2.41. The lowest BCUT2D eigenvalue weighted by Gasteiger charge is -2.36. The predicted molar refractivity (Wildman–Crippen MR) is 74.0 cm³/mol. The van der Waals surface area contributed by atoms with Crippen LogP contribution in [0.2, 0.25) is 0 Å². The molecule has 1 aromatic heterocycles. The molecule has 1 fully saturated rings. The molecule has 1 unspecified atom stereocenters. The largest absolute Gasteiger partial charge is 0.370 e. The second kappa shape index (κ2) is 6.65. The van der Waals surface area contributed by atoms with E-state index in [0.717, 1.165) is 31.6 Å². The second-order valence-electron chi connectivity index (χ2n) is 5.53. The number of hydrogen-bond acceptors (Lipinski definition) is 6. The summed E-state index contributed by atoms with van der Waals surface area (Å²) in [7, 11) is 1.59. The molecule has 20 heavy (non-hydrogen) atoms. The highest BCUT2D eigenvalue weighted by molar-refractivity contribution is 5.05. The molecule has 2 rings (SSSR count). The number of aromatic nitrogens is 2. The van der Waals surface area contributed by atoms with E-state index in [2.05, 4.69) is 17.1 Å². The Morgan fingerprint density at radius 3 is 2.70 bits per heavy atom. The van der Waals surface area contributed by atoms with E-state index in [0.29, 0.717) is 24.9 Å². The van der Waals surface area contributed by atoms with Gasteiger partial charge in [-0.1, -0.05) is 12.1 Å². The van der Waals surface area contributed by atoms with Crippen molar-refractivity contribution in [3.8, 4) is 0 Å². The van der Waals surface area contributed by atoms with E-state index in [1.165, 1.54) is 0 Å². The van der Waals surface area contributed by atoms with Crippen molar-refractivity contribution in [3.63, 3.8) is 0 Å². The third-order valence-electron chi connectivity index (χ3n) is 4.13. The molecule has 6 heteroatoms. The third kappa shape index (κ3) is 3.02. The summed E-state index contributed by atoms with van der Waals surface area (Å²) in [6, 6.07) is 0. The van der Waals surface area contributed by atoms with E-state index in [1.807, 2.05) is 6.92 Å². The molecule has 1 aliphatic rings. The van der Waals surface area contributed by atoms with Gasteiger partial charge in [0.25, 0.3) is 5.89 Å². The fraction of sp³-hybridized carbons (Fsp3) is 0.857. The van der Waals surface area contributed by atoms with Crippen molar-refractivity contribution >= 4 is 0 Å². The minimum Gasteiger partial charge on any atom is -0.370 e. The van der Waals surface area contributed by atoms with Gasteiger partial charge in [-0.2, -0.15) is 4.98 Å². The molecule has 0 aromatic carbocycles. The molecule has 0 saturated heterocycles. The lowest BCUT2D eigenvalue weighted by Crippen LogP contribution is -2.35. The van der Waals surface area contributed by atoms with Crippen molar-refractivity contribution in [2.24, 2.45) is 11.7 Å². The maximum absolute atomic E-state index is 6.01. The number of ether oxygens (including phenoxy) is 2. The Morgan fingerprint density at radius 2 is 2.15 bits per heavy atom. The van der Waals surface area contributed by atoms with Crippen molar-refractivity contribution in [1.29, 1.82) is 0 Å². The first-order valence-electron chi connectivity index (χ1n) is 7.36. The van der Waals surface area contributed by atoms with Gasteiger partial charge in [-0.15, -0.1) is 0 Å². The second-order valence-corrected chi connectivity index (χ2v) is 5.53. The Bertz CT molecular complexity index is 410. The van der Waals surface area contributed by atoms with Gasteiger partial charge in [0, 0.05) is 20.3 Å². The van der Waals surface area contributed by atoms with Crippen molar-refractivity contribution in [1.82, 2.24) is 10.1 Å². The summed E-state index contributed by atoms with van der Waals surface area (Å²) in [6.45, 7) is 5.23.